The van der Waals surface area contributed by atoms with Gasteiger partial charge in [-0.1, -0.05) is 23.4 Å². The average Bonchev–Trinajstić information content (AvgIpc) is 4.02. The number of likely N-dealkylation sites (tertiary alicyclic amines) is 1. The summed E-state index contributed by atoms with van der Waals surface area (Å²) in [6.07, 6.45) is 5.42. The lowest BCUT2D eigenvalue weighted by Crippen LogP contribution is -2.54. The van der Waals surface area contributed by atoms with Gasteiger partial charge in [0.25, 0.3) is 17.7 Å². The second-order valence-electron chi connectivity index (χ2n) is 15.6. The van der Waals surface area contributed by atoms with Crippen molar-refractivity contribution in [2.75, 3.05) is 49.5 Å². The minimum Gasteiger partial charge on any atom is -0.368 e. The fourth-order valence-corrected chi connectivity index (χ4v) is 8.60. The average molecular weight is 784 g/mol. The summed E-state index contributed by atoms with van der Waals surface area (Å²) >= 11 is 0. The Kier molecular flexibility index (Phi) is 10.0. The highest BCUT2D eigenvalue weighted by Crippen LogP contribution is 2.35. The van der Waals surface area contributed by atoms with Crippen molar-refractivity contribution >= 4 is 51.9 Å². The number of hydrogen-bond acceptors (Lipinski definition) is 11. The van der Waals surface area contributed by atoms with Gasteiger partial charge in [-0.2, -0.15) is 0 Å². The van der Waals surface area contributed by atoms with Crippen LogP contribution >= 0.6 is 0 Å². The monoisotopic (exact) mass is 783 g/mol. The number of piperidine rings is 1. The van der Waals surface area contributed by atoms with Gasteiger partial charge in [0, 0.05) is 68.5 Å². The zero-order chi connectivity index (χ0) is 39.9. The molecule has 5 amide bonds. The maximum atomic E-state index is 13.6. The number of H-pyrrole nitrogens is 1. The number of imidazole rings is 1. The van der Waals surface area contributed by atoms with Crippen LogP contribution < -0.4 is 15.5 Å². The molecule has 2 atom stereocenters. The van der Waals surface area contributed by atoms with Crippen LogP contribution in [0.3, 0.4) is 0 Å². The number of imide groups is 2. The molecular formula is C42H45N11O5. The van der Waals surface area contributed by atoms with E-state index < -0.39 is 29.7 Å². The fourth-order valence-electron chi connectivity index (χ4n) is 8.60. The van der Waals surface area contributed by atoms with Gasteiger partial charge < -0.3 is 15.2 Å². The maximum Gasteiger partial charge on any atom is 0.264 e. The van der Waals surface area contributed by atoms with E-state index in [0.29, 0.717) is 53.7 Å². The van der Waals surface area contributed by atoms with Gasteiger partial charge in [0.2, 0.25) is 11.8 Å². The summed E-state index contributed by atoms with van der Waals surface area (Å²) in [6.45, 7) is 8.60. The molecule has 16 heteroatoms. The van der Waals surface area contributed by atoms with E-state index in [1.807, 2.05) is 47.3 Å². The number of nitrogens with zero attached hydrogens (tertiary/aromatic N) is 8. The maximum absolute atomic E-state index is 13.6. The smallest absolute Gasteiger partial charge is 0.264 e. The fraction of sp³-hybridized carbons (Fsp3) is 0.381. The number of aromatic nitrogens is 5. The zero-order valence-electron chi connectivity index (χ0n) is 32.3. The molecule has 6 heterocycles. The molecule has 0 spiro atoms. The molecule has 1 unspecified atom stereocenters. The molecule has 0 aliphatic carbocycles. The summed E-state index contributed by atoms with van der Waals surface area (Å²) in [5.74, 6) is -1.26. The third-order valence-corrected chi connectivity index (χ3v) is 11.8. The first-order valence-corrected chi connectivity index (χ1v) is 20.0. The van der Waals surface area contributed by atoms with Crippen LogP contribution in [0.25, 0.3) is 22.3 Å². The van der Waals surface area contributed by atoms with Crippen molar-refractivity contribution in [3.63, 3.8) is 0 Å². The van der Waals surface area contributed by atoms with Crippen LogP contribution in [-0.2, 0) is 22.7 Å². The Morgan fingerprint density at radius 2 is 1.74 bits per heavy atom. The third kappa shape index (κ3) is 7.36. The first-order chi connectivity index (χ1) is 28.2. The molecule has 9 rings (SSSR count). The number of rotatable bonds is 11. The second-order valence-corrected chi connectivity index (χ2v) is 15.6. The number of piperazine rings is 1. The molecule has 298 valence electrons. The highest BCUT2D eigenvalue weighted by molar-refractivity contribution is 6.25. The lowest BCUT2D eigenvalue weighted by Gasteiger charge is -2.36. The lowest BCUT2D eigenvalue weighted by atomic mass is 10.0. The number of anilines is 2. The Morgan fingerprint density at radius 1 is 0.914 bits per heavy atom. The zero-order valence-corrected chi connectivity index (χ0v) is 32.3. The quantitative estimate of drug-likeness (QED) is 0.166. The largest absolute Gasteiger partial charge is 0.368 e. The Hall–Kier alpha value is -6.26. The summed E-state index contributed by atoms with van der Waals surface area (Å²) in [5, 5.41) is 14.0. The molecule has 3 N–H and O–H groups in total. The van der Waals surface area contributed by atoms with Crippen LogP contribution in [0.15, 0.2) is 66.9 Å². The van der Waals surface area contributed by atoms with Gasteiger partial charge >= 0.3 is 0 Å². The molecule has 0 saturated carbocycles. The molecule has 0 radical (unpaired) electrons. The topological polar surface area (TPSA) is 182 Å². The van der Waals surface area contributed by atoms with Gasteiger partial charge in [-0.15, -0.1) is 5.10 Å². The summed E-state index contributed by atoms with van der Waals surface area (Å²) in [6, 6.07) is 17.9. The summed E-state index contributed by atoms with van der Waals surface area (Å²) in [7, 11) is 0. The van der Waals surface area contributed by atoms with Crippen LogP contribution in [0.2, 0.25) is 0 Å². The number of benzene rings is 3. The molecule has 5 aromatic rings. The summed E-state index contributed by atoms with van der Waals surface area (Å²) < 4.78 is 1.83. The van der Waals surface area contributed by atoms with Crippen molar-refractivity contribution in [3.05, 3.63) is 89.4 Å². The standard InChI is InChI=1S/C42H45N11O5/c1-26-5-3-17-51(26)25-36-44-31-13-12-29(23-32(31)45-36)43-39(55)28-10-8-27(9-11-28)33-24-52(48-47-33)18-4-16-49-19-21-50(22-20-49)34-7-2-6-30-38(34)42(58)53(41(30)57)35-14-15-37(54)46-40(35)56/h2,6-13,23-24,26,35H,3-5,14-22,25H2,1H3,(H,43,55)(H,44,45)(H,46,54,56)/t26-,35?/m0/s1. The molecule has 3 aromatic carbocycles. The van der Waals surface area contributed by atoms with Crippen molar-refractivity contribution in [2.45, 2.75) is 64.2 Å². The second kappa shape index (κ2) is 15.6. The highest BCUT2D eigenvalue weighted by atomic mass is 16.2. The number of carbonyl (C=O) groups excluding carboxylic acids is 5. The molecular weight excluding hydrogens is 739 g/mol. The van der Waals surface area contributed by atoms with Crippen LogP contribution in [-0.4, -0.2) is 121 Å². The van der Waals surface area contributed by atoms with E-state index in [9.17, 15) is 24.0 Å². The minimum atomic E-state index is -0.992. The number of carbonyl (C=O) groups is 5. The van der Waals surface area contributed by atoms with Crippen LogP contribution in [0.1, 0.15) is 75.9 Å². The number of fused-ring (bicyclic) bond motifs is 2. The number of hydrogen-bond donors (Lipinski definition) is 3. The van der Waals surface area contributed by atoms with E-state index in [1.54, 1.807) is 24.3 Å². The van der Waals surface area contributed by atoms with E-state index in [4.69, 9.17) is 4.98 Å². The molecule has 3 saturated heterocycles. The molecule has 3 fully saturated rings. The van der Waals surface area contributed by atoms with E-state index in [2.05, 4.69) is 47.6 Å². The third-order valence-electron chi connectivity index (χ3n) is 11.8. The predicted octanol–water partition coefficient (Wildman–Crippen LogP) is 3.67. The lowest BCUT2D eigenvalue weighted by molar-refractivity contribution is -0.136. The number of nitrogens with one attached hydrogen (secondary N) is 3. The molecule has 4 aliphatic rings. The van der Waals surface area contributed by atoms with Crippen molar-refractivity contribution in [2.24, 2.45) is 0 Å². The highest BCUT2D eigenvalue weighted by Gasteiger charge is 2.46. The van der Waals surface area contributed by atoms with Crippen molar-refractivity contribution in [1.29, 1.82) is 0 Å². The Morgan fingerprint density at radius 3 is 2.52 bits per heavy atom. The van der Waals surface area contributed by atoms with Gasteiger partial charge in [0.15, 0.2) is 0 Å². The first kappa shape index (κ1) is 37.3. The molecule has 4 aliphatic heterocycles. The number of aromatic amines is 1. The Labute approximate surface area is 334 Å². The number of amides is 5. The predicted molar refractivity (Wildman–Crippen MR) is 215 cm³/mol. The van der Waals surface area contributed by atoms with Gasteiger partial charge in [-0.25, -0.2) is 4.98 Å². The van der Waals surface area contributed by atoms with Crippen molar-refractivity contribution in [1.82, 2.24) is 45.0 Å². The van der Waals surface area contributed by atoms with Gasteiger partial charge in [-0.05, 0) is 81.6 Å². The summed E-state index contributed by atoms with van der Waals surface area (Å²) in [5.41, 5.74) is 5.91. The SMILES string of the molecule is C[C@H]1CCCN1Cc1nc2ccc(NC(=O)c3ccc(-c4cn(CCCN5CCN(c6cccc7c6C(=O)N(C6CCC(=O)NC6=O)C7=O)CC5)nn4)cc3)cc2[nH]1. The molecule has 2 aromatic heterocycles. The van der Waals surface area contributed by atoms with Crippen LogP contribution in [0, 0.1) is 0 Å². The van der Waals surface area contributed by atoms with Crippen molar-refractivity contribution < 1.29 is 24.0 Å². The minimum absolute atomic E-state index is 0.0816. The van der Waals surface area contributed by atoms with Crippen LogP contribution in [0.5, 0.6) is 0 Å². The molecule has 16 nitrogen and oxygen atoms in total. The first-order valence-electron chi connectivity index (χ1n) is 20.0. The van der Waals surface area contributed by atoms with Crippen molar-refractivity contribution in [3.8, 4) is 11.3 Å². The molecule has 0 bridgehead atoms. The van der Waals surface area contributed by atoms with E-state index in [0.717, 1.165) is 72.2 Å². The number of aryl methyl sites for hydroxylation is 1. The van der Waals surface area contributed by atoms with E-state index in [1.165, 1.54) is 12.8 Å². The van der Waals surface area contributed by atoms with Gasteiger partial charge in [-0.3, -0.25) is 48.7 Å². The Bertz CT molecular complexity index is 2420. The Balaban J connectivity index is 0.746. The van der Waals surface area contributed by atoms with Gasteiger partial charge in [0.1, 0.15) is 17.6 Å². The van der Waals surface area contributed by atoms with E-state index >= 15 is 0 Å². The van der Waals surface area contributed by atoms with Crippen LogP contribution in [0.4, 0.5) is 11.4 Å². The van der Waals surface area contributed by atoms with E-state index in [-0.39, 0.29) is 18.7 Å². The normalized spacial score (nSPS) is 20.3. The summed E-state index contributed by atoms with van der Waals surface area (Å²) in [4.78, 5) is 80.3. The molecule has 58 heavy (non-hydrogen) atoms. The van der Waals surface area contributed by atoms with Gasteiger partial charge in [0.05, 0.1) is 40.6 Å².